The molecular weight excluding hydrogens is 296 g/mol. The van der Waals surface area contributed by atoms with Gasteiger partial charge in [0.2, 0.25) is 0 Å². The third-order valence-corrected chi connectivity index (χ3v) is 4.36. The molecule has 0 amide bonds. The number of benzene rings is 2. The molecule has 1 heterocycles. The van der Waals surface area contributed by atoms with Gasteiger partial charge in [0.1, 0.15) is 5.78 Å². The zero-order valence-electron chi connectivity index (χ0n) is 13.9. The lowest BCUT2D eigenvalue weighted by molar-refractivity contribution is -0.120. The molecule has 3 heteroatoms. The number of aromatic nitrogens is 1. The smallest absolute Gasteiger partial charge is 0.144 e. The number of carbonyl (C=O) groups is 1. The van der Waals surface area contributed by atoms with Gasteiger partial charge in [-0.25, -0.2) is 0 Å². The highest BCUT2D eigenvalue weighted by Crippen LogP contribution is 2.23. The maximum absolute atomic E-state index is 12.9. The first-order valence-electron chi connectivity index (χ1n) is 8.33. The van der Waals surface area contributed by atoms with Crippen molar-refractivity contribution in [2.75, 3.05) is 13.6 Å². The van der Waals surface area contributed by atoms with Crippen LogP contribution in [0.3, 0.4) is 0 Å². The summed E-state index contributed by atoms with van der Waals surface area (Å²) >= 11 is 0. The van der Waals surface area contributed by atoms with Gasteiger partial charge in [-0.3, -0.25) is 9.78 Å². The minimum atomic E-state index is -0.0632. The van der Waals surface area contributed by atoms with E-state index < -0.39 is 0 Å². The number of fused-ring (bicyclic) bond motifs is 1. The monoisotopic (exact) mass is 318 g/mol. The summed E-state index contributed by atoms with van der Waals surface area (Å²) in [6, 6.07) is 18.2. The fraction of sp³-hybridized carbons (Fsp3) is 0.238. The Morgan fingerprint density at radius 3 is 2.71 bits per heavy atom. The van der Waals surface area contributed by atoms with Gasteiger partial charge in [-0.1, -0.05) is 48.5 Å². The summed E-state index contributed by atoms with van der Waals surface area (Å²) < 4.78 is 0. The molecule has 0 radical (unpaired) electrons. The summed E-state index contributed by atoms with van der Waals surface area (Å²) in [7, 11) is 1.92. The summed E-state index contributed by atoms with van der Waals surface area (Å²) in [4.78, 5) is 17.0. The standard InChI is InChI=1S/C21H22N2O/c1-22-11-10-20(17-5-3-2-4-6-17)21(24)14-16-7-8-19-15-23-12-9-18(19)13-16/h2-9,12-13,15,20,22H,10-11,14H2,1H3/t20-/m0/s1. The molecule has 0 fully saturated rings. The number of Topliss-reactive ketones (excluding diaryl/α,β-unsaturated/α-hetero) is 1. The minimum absolute atomic E-state index is 0.0632. The Morgan fingerprint density at radius 2 is 1.92 bits per heavy atom. The second-order valence-electron chi connectivity index (χ2n) is 6.06. The predicted molar refractivity (Wildman–Crippen MR) is 98.2 cm³/mol. The summed E-state index contributed by atoms with van der Waals surface area (Å²) in [5, 5.41) is 5.38. The van der Waals surface area contributed by atoms with E-state index in [4.69, 9.17) is 0 Å². The zero-order chi connectivity index (χ0) is 16.8. The van der Waals surface area contributed by atoms with Gasteiger partial charge in [-0.05, 0) is 42.6 Å². The van der Waals surface area contributed by atoms with Crippen molar-refractivity contribution in [2.45, 2.75) is 18.8 Å². The molecule has 0 saturated carbocycles. The van der Waals surface area contributed by atoms with Crippen LogP contribution in [0.5, 0.6) is 0 Å². The van der Waals surface area contributed by atoms with Crippen LogP contribution in [0.25, 0.3) is 10.8 Å². The van der Waals surface area contributed by atoms with E-state index in [0.717, 1.165) is 34.9 Å². The molecule has 0 unspecified atom stereocenters. The number of nitrogens with zero attached hydrogens (tertiary/aromatic N) is 1. The molecule has 2 aromatic carbocycles. The summed E-state index contributed by atoms with van der Waals surface area (Å²) in [6.45, 7) is 0.828. The molecule has 1 N–H and O–H groups in total. The van der Waals surface area contributed by atoms with Gasteiger partial charge in [0.05, 0.1) is 0 Å². The topological polar surface area (TPSA) is 42.0 Å². The third kappa shape index (κ3) is 3.87. The molecule has 3 aromatic rings. The Hall–Kier alpha value is -2.52. The Labute approximate surface area is 142 Å². The zero-order valence-corrected chi connectivity index (χ0v) is 13.9. The lowest BCUT2D eigenvalue weighted by Gasteiger charge is -2.16. The number of rotatable bonds is 7. The summed E-state index contributed by atoms with van der Waals surface area (Å²) in [5.41, 5.74) is 2.16. The van der Waals surface area contributed by atoms with Gasteiger partial charge >= 0.3 is 0 Å². The van der Waals surface area contributed by atoms with E-state index >= 15 is 0 Å². The van der Waals surface area contributed by atoms with E-state index in [9.17, 15) is 4.79 Å². The quantitative estimate of drug-likeness (QED) is 0.721. The summed E-state index contributed by atoms with van der Waals surface area (Å²) in [5.74, 6) is 0.205. The van der Waals surface area contributed by atoms with Crippen LogP contribution in [0.15, 0.2) is 67.0 Å². The molecule has 3 nitrogen and oxygen atoms in total. The number of carbonyl (C=O) groups excluding carboxylic acids is 1. The predicted octanol–water partition coefficient (Wildman–Crippen LogP) is 3.74. The highest BCUT2D eigenvalue weighted by Gasteiger charge is 2.20. The van der Waals surface area contributed by atoms with Gasteiger partial charge < -0.3 is 5.32 Å². The SMILES string of the molecule is CNCC[C@H](C(=O)Cc1ccc2cnccc2c1)c1ccccc1. The van der Waals surface area contributed by atoms with Crippen molar-refractivity contribution in [3.05, 3.63) is 78.1 Å². The van der Waals surface area contributed by atoms with Crippen molar-refractivity contribution in [3.8, 4) is 0 Å². The van der Waals surface area contributed by atoms with Crippen LogP contribution in [0.4, 0.5) is 0 Å². The average Bonchev–Trinajstić information content (AvgIpc) is 2.63. The Balaban J connectivity index is 1.81. The maximum Gasteiger partial charge on any atom is 0.144 e. The van der Waals surface area contributed by atoms with Gasteiger partial charge in [0.25, 0.3) is 0 Å². The van der Waals surface area contributed by atoms with Crippen LogP contribution in [-0.2, 0) is 11.2 Å². The highest BCUT2D eigenvalue weighted by molar-refractivity contribution is 5.89. The van der Waals surface area contributed by atoms with Gasteiger partial charge in [0, 0.05) is 30.1 Å². The van der Waals surface area contributed by atoms with Crippen LogP contribution >= 0.6 is 0 Å². The second kappa shape index (κ2) is 7.84. The van der Waals surface area contributed by atoms with E-state index in [2.05, 4.69) is 16.4 Å². The molecule has 0 aliphatic heterocycles. The Bertz CT molecular complexity index is 814. The fourth-order valence-electron chi connectivity index (χ4n) is 3.05. The molecule has 122 valence electrons. The molecular formula is C21H22N2O. The summed E-state index contributed by atoms with van der Waals surface area (Å²) in [6.07, 6.45) is 4.91. The molecule has 0 bridgehead atoms. The van der Waals surface area contributed by atoms with Gasteiger partial charge in [-0.2, -0.15) is 0 Å². The Morgan fingerprint density at radius 1 is 1.08 bits per heavy atom. The van der Waals surface area contributed by atoms with Crippen molar-refractivity contribution in [1.82, 2.24) is 10.3 Å². The number of hydrogen-bond donors (Lipinski definition) is 1. The maximum atomic E-state index is 12.9. The molecule has 24 heavy (non-hydrogen) atoms. The molecule has 1 atom stereocenters. The first-order valence-corrected chi connectivity index (χ1v) is 8.33. The average molecular weight is 318 g/mol. The molecule has 0 aliphatic rings. The lowest BCUT2D eigenvalue weighted by atomic mass is 9.88. The van der Waals surface area contributed by atoms with Crippen molar-refractivity contribution >= 4 is 16.6 Å². The molecule has 0 saturated heterocycles. The first kappa shape index (κ1) is 16.3. The number of pyridine rings is 1. The fourth-order valence-corrected chi connectivity index (χ4v) is 3.05. The van der Waals surface area contributed by atoms with E-state index in [1.807, 2.05) is 61.8 Å². The van der Waals surface area contributed by atoms with Gasteiger partial charge in [-0.15, -0.1) is 0 Å². The van der Waals surface area contributed by atoms with E-state index in [1.54, 1.807) is 6.20 Å². The van der Waals surface area contributed by atoms with E-state index in [-0.39, 0.29) is 11.7 Å². The van der Waals surface area contributed by atoms with Crippen LogP contribution < -0.4 is 5.32 Å². The first-order chi connectivity index (χ1) is 11.8. The molecule has 0 spiro atoms. The van der Waals surface area contributed by atoms with Gasteiger partial charge in [0.15, 0.2) is 0 Å². The Kier molecular flexibility index (Phi) is 5.34. The largest absolute Gasteiger partial charge is 0.320 e. The van der Waals surface area contributed by atoms with E-state index in [1.165, 1.54) is 0 Å². The molecule has 1 aromatic heterocycles. The van der Waals surface area contributed by atoms with Crippen LogP contribution in [0, 0.1) is 0 Å². The highest BCUT2D eigenvalue weighted by atomic mass is 16.1. The van der Waals surface area contributed by atoms with Crippen LogP contribution in [0.2, 0.25) is 0 Å². The van der Waals surface area contributed by atoms with Crippen LogP contribution in [0.1, 0.15) is 23.5 Å². The van der Waals surface area contributed by atoms with Crippen molar-refractivity contribution in [1.29, 1.82) is 0 Å². The van der Waals surface area contributed by atoms with E-state index in [0.29, 0.717) is 6.42 Å². The minimum Gasteiger partial charge on any atom is -0.320 e. The lowest BCUT2D eigenvalue weighted by Crippen LogP contribution is -2.20. The second-order valence-corrected chi connectivity index (χ2v) is 6.06. The van der Waals surface area contributed by atoms with Crippen molar-refractivity contribution in [2.24, 2.45) is 0 Å². The van der Waals surface area contributed by atoms with Crippen LogP contribution in [-0.4, -0.2) is 24.4 Å². The number of nitrogens with one attached hydrogen (secondary N) is 1. The number of hydrogen-bond acceptors (Lipinski definition) is 3. The van der Waals surface area contributed by atoms with Crippen molar-refractivity contribution < 1.29 is 4.79 Å². The number of ketones is 1. The third-order valence-electron chi connectivity index (χ3n) is 4.36. The normalized spacial score (nSPS) is 12.2. The molecule has 3 rings (SSSR count). The van der Waals surface area contributed by atoms with Crippen molar-refractivity contribution in [3.63, 3.8) is 0 Å². The molecule has 0 aliphatic carbocycles.